The standard InChI is InChI=1S/C26H26N2O3/c1-3-18(2)20-12-14-22(15-13-20)30-17-25(29)27-16-19-8-10-21(11-9-19)26-28-23-6-4-5-7-24(23)31-26/h4-15,18H,3,16-17H2,1-2H3,(H,27,29)/t18-/m0/s1. The number of para-hydroxylation sites is 2. The Morgan fingerprint density at radius 2 is 1.77 bits per heavy atom. The second-order valence-electron chi connectivity index (χ2n) is 7.63. The first kappa shape index (κ1) is 20.7. The summed E-state index contributed by atoms with van der Waals surface area (Å²) >= 11 is 0. The predicted molar refractivity (Wildman–Crippen MR) is 122 cm³/mol. The second-order valence-corrected chi connectivity index (χ2v) is 7.63. The molecule has 1 atom stereocenters. The molecule has 0 radical (unpaired) electrons. The summed E-state index contributed by atoms with van der Waals surface area (Å²) in [5, 5.41) is 2.89. The molecule has 0 aliphatic carbocycles. The number of nitrogens with zero attached hydrogens (tertiary/aromatic N) is 1. The largest absolute Gasteiger partial charge is 0.484 e. The van der Waals surface area contributed by atoms with Crippen LogP contribution in [0.3, 0.4) is 0 Å². The van der Waals surface area contributed by atoms with Crippen molar-refractivity contribution in [2.75, 3.05) is 6.61 Å². The fraction of sp³-hybridized carbons (Fsp3) is 0.231. The lowest BCUT2D eigenvalue weighted by Crippen LogP contribution is -2.28. The highest BCUT2D eigenvalue weighted by Gasteiger charge is 2.09. The third kappa shape index (κ3) is 5.12. The summed E-state index contributed by atoms with van der Waals surface area (Å²) in [6.07, 6.45) is 1.10. The van der Waals surface area contributed by atoms with Gasteiger partial charge in [0.25, 0.3) is 5.91 Å². The van der Waals surface area contributed by atoms with Crippen molar-refractivity contribution in [1.29, 1.82) is 0 Å². The van der Waals surface area contributed by atoms with Gasteiger partial charge in [0.2, 0.25) is 5.89 Å². The molecule has 1 aromatic heterocycles. The summed E-state index contributed by atoms with van der Waals surface area (Å²) in [4.78, 5) is 16.6. The van der Waals surface area contributed by atoms with Crippen molar-refractivity contribution in [3.8, 4) is 17.2 Å². The Morgan fingerprint density at radius 3 is 2.48 bits per heavy atom. The van der Waals surface area contributed by atoms with Gasteiger partial charge in [0.15, 0.2) is 12.2 Å². The molecule has 0 saturated heterocycles. The zero-order valence-corrected chi connectivity index (χ0v) is 17.8. The van der Waals surface area contributed by atoms with Crippen molar-refractivity contribution in [1.82, 2.24) is 10.3 Å². The SMILES string of the molecule is CC[C@H](C)c1ccc(OCC(=O)NCc2ccc(-c3nc4ccccc4o3)cc2)cc1. The van der Waals surface area contributed by atoms with Crippen molar-refractivity contribution < 1.29 is 13.9 Å². The van der Waals surface area contributed by atoms with Crippen molar-refractivity contribution in [2.24, 2.45) is 0 Å². The lowest BCUT2D eigenvalue weighted by Gasteiger charge is -2.11. The van der Waals surface area contributed by atoms with Gasteiger partial charge in [-0.3, -0.25) is 4.79 Å². The number of aromatic nitrogens is 1. The smallest absolute Gasteiger partial charge is 0.258 e. The summed E-state index contributed by atoms with van der Waals surface area (Å²) in [5.41, 5.74) is 4.77. The first-order valence-electron chi connectivity index (χ1n) is 10.6. The van der Waals surface area contributed by atoms with E-state index >= 15 is 0 Å². The highest BCUT2D eigenvalue weighted by Crippen LogP contribution is 2.24. The first-order valence-corrected chi connectivity index (χ1v) is 10.6. The highest BCUT2D eigenvalue weighted by atomic mass is 16.5. The van der Waals surface area contributed by atoms with Gasteiger partial charge in [0, 0.05) is 12.1 Å². The average molecular weight is 415 g/mol. The topological polar surface area (TPSA) is 64.4 Å². The molecule has 0 unspecified atom stereocenters. The maximum atomic E-state index is 12.1. The summed E-state index contributed by atoms with van der Waals surface area (Å²) in [5.74, 6) is 1.65. The van der Waals surface area contributed by atoms with E-state index in [2.05, 4.69) is 36.3 Å². The maximum absolute atomic E-state index is 12.1. The molecule has 1 heterocycles. The van der Waals surface area contributed by atoms with Gasteiger partial charge in [-0.25, -0.2) is 4.98 Å². The summed E-state index contributed by atoms with van der Waals surface area (Å²) in [6.45, 7) is 4.79. The quantitative estimate of drug-likeness (QED) is 0.401. The van der Waals surface area contributed by atoms with Crippen molar-refractivity contribution in [3.63, 3.8) is 0 Å². The van der Waals surface area contributed by atoms with E-state index in [0.717, 1.165) is 28.6 Å². The van der Waals surface area contributed by atoms with E-state index in [1.807, 2.05) is 60.7 Å². The number of hydrogen-bond acceptors (Lipinski definition) is 4. The number of carbonyl (C=O) groups is 1. The van der Waals surface area contributed by atoms with Gasteiger partial charge >= 0.3 is 0 Å². The van der Waals surface area contributed by atoms with E-state index in [4.69, 9.17) is 9.15 Å². The number of ether oxygens (including phenoxy) is 1. The molecule has 1 N–H and O–H groups in total. The van der Waals surface area contributed by atoms with Crippen LogP contribution in [0.15, 0.2) is 77.2 Å². The molecule has 0 fully saturated rings. The van der Waals surface area contributed by atoms with Crippen LogP contribution in [0, 0.1) is 0 Å². The molecule has 0 saturated carbocycles. The number of hydrogen-bond donors (Lipinski definition) is 1. The zero-order valence-electron chi connectivity index (χ0n) is 17.8. The molecular formula is C26H26N2O3. The fourth-order valence-corrected chi connectivity index (χ4v) is 3.29. The van der Waals surface area contributed by atoms with Gasteiger partial charge in [0.05, 0.1) is 0 Å². The van der Waals surface area contributed by atoms with E-state index < -0.39 is 0 Å². The molecule has 0 bridgehead atoms. The van der Waals surface area contributed by atoms with Crippen LogP contribution in [0.1, 0.15) is 37.3 Å². The number of oxazole rings is 1. The second kappa shape index (κ2) is 9.47. The summed E-state index contributed by atoms with van der Waals surface area (Å²) < 4.78 is 11.4. The number of amides is 1. The number of carbonyl (C=O) groups excluding carboxylic acids is 1. The van der Waals surface area contributed by atoms with Crippen LogP contribution in [0.2, 0.25) is 0 Å². The van der Waals surface area contributed by atoms with E-state index in [9.17, 15) is 4.79 Å². The highest BCUT2D eigenvalue weighted by molar-refractivity contribution is 5.77. The zero-order chi connectivity index (χ0) is 21.6. The first-order chi connectivity index (χ1) is 15.1. The van der Waals surface area contributed by atoms with Gasteiger partial charge in [-0.05, 0) is 59.9 Å². The molecule has 31 heavy (non-hydrogen) atoms. The van der Waals surface area contributed by atoms with Crippen molar-refractivity contribution in [2.45, 2.75) is 32.7 Å². The molecule has 158 valence electrons. The Kier molecular flexibility index (Phi) is 6.32. The Balaban J connectivity index is 1.27. The minimum Gasteiger partial charge on any atom is -0.484 e. The summed E-state index contributed by atoms with van der Waals surface area (Å²) in [7, 11) is 0. The molecule has 5 nitrogen and oxygen atoms in total. The molecule has 3 aromatic carbocycles. The molecule has 4 rings (SSSR count). The predicted octanol–water partition coefficient (Wildman–Crippen LogP) is 5.70. The van der Waals surface area contributed by atoms with Gasteiger partial charge in [-0.1, -0.05) is 50.2 Å². The van der Waals surface area contributed by atoms with Crippen molar-refractivity contribution in [3.05, 3.63) is 83.9 Å². The summed E-state index contributed by atoms with van der Waals surface area (Å²) in [6, 6.07) is 23.4. The van der Waals surface area contributed by atoms with Crippen LogP contribution in [0.4, 0.5) is 0 Å². The average Bonchev–Trinajstić information content (AvgIpc) is 3.26. The van der Waals surface area contributed by atoms with Gasteiger partial charge in [0.1, 0.15) is 11.3 Å². The van der Waals surface area contributed by atoms with Gasteiger partial charge in [-0.15, -0.1) is 0 Å². The van der Waals surface area contributed by atoms with E-state index in [1.165, 1.54) is 5.56 Å². The molecule has 0 spiro atoms. The fourth-order valence-electron chi connectivity index (χ4n) is 3.29. The third-order valence-corrected chi connectivity index (χ3v) is 5.42. The molecule has 5 heteroatoms. The number of fused-ring (bicyclic) bond motifs is 1. The molecule has 0 aliphatic heterocycles. The monoisotopic (exact) mass is 414 g/mol. The number of rotatable bonds is 8. The Morgan fingerprint density at radius 1 is 1.03 bits per heavy atom. The van der Waals surface area contributed by atoms with E-state index in [1.54, 1.807) is 0 Å². The van der Waals surface area contributed by atoms with Gasteiger partial charge in [-0.2, -0.15) is 0 Å². The third-order valence-electron chi connectivity index (χ3n) is 5.42. The molecular weight excluding hydrogens is 388 g/mol. The number of nitrogens with one attached hydrogen (secondary N) is 1. The molecule has 4 aromatic rings. The normalized spacial score (nSPS) is 11.9. The van der Waals surface area contributed by atoms with E-state index in [0.29, 0.717) is 24.1 Å². The van der Waals surface area contributed by atoms with Crippen LogP contribution < -0.4 is 10.1 Å². The van der Waals surface area contributed by atoms with Crippen LogP contribution in [-0.4, -0.2) is 17.5 Å². The lowest BCUT2D eigenvalue weighted by atomic mass is 9.99. The molecule has 0 aliphatic rings. The Labute approximate surface area is 182 Å². The van der Waals surface area contributed by atoms with Crippen LogP contribution in [0.25, 0.3) is 22.6 Å². The minimum atomic E-state index is -0.158. The van der Waals surface area contributed by atoms with Crippen molar-refractivity contribution >= 4 is 17.0 Å². The lowest BCUT2D eigenvalue weighted by molar-refractivity contribution is -0.123. The Hall–Kier alpha value is -3.60. The molecule has 1 amide bonds. The van der Waals surface area contributed by atoms with Crippen LogP contribution in [0.5, 0.6) is 5.75 Å². The van der Waals surface area contributed by atoms with Crippen LogP contribution in [-0.2, 0) is 11.3 Å². The minimum absolute atomic E-state index is 0.0103. The Bertz CT molecular complexity index is 1110. The van der Waals surface area contributed by atoms with E-state index in [-0.39, 0.29) is 12.5 Å². The van der Waals surface area contributed by atoms with Gasteiger partial charge < -0.3 is 14.5 Å². The number of benzene rings is 3. The maximum Gasteiger partial charge on any atom is 0.258 e. The van der Waals surface area contributed by atoms with Crippen LogP contribution >= 0.6 is 0 Å².